The van der Waals surface area contributed by atoms with Crippen LogP contribution in [-0.2, 0) is 23.1 Å². The summed E-state index contributed by atoms with van der Waals surface area (Å²) in [7, 11) is 1.86. The Morgan fingerprint density at radius 2 is 2.10 bits per heavy atom. The van der Waals surface area contributed by atoms with Gasteiger partial charge in [0.25, 0.3) is 0 Å². The molecule has 1 atom stereocenters. The van der Waals surface area contributed by atoms with Crippen molar-refractivity contribution in [3.8, 4) is 0 Å². The second-order valence-electron chi connectivity index (χ2n) is 5.47. The van der Waals surface area contributed by atoms with Gasteiger partial charge in [0.2, 0.25) is 5.91 Å². The SMILES string of the molecule is Cc1nn(C)c(C)c1CC(=O)N1CCCC(C(=O)O)C1. The van der Waals surface area contributed by atoms with E-state index in [4.69, 9.17) is 5.11 Å². The number of piperidine rings is 1. The lowest BCUT2D eigenvalue weighted by Gasteiger charge is -2.30. The number of aromatic nitrogens is 2. The van der Waals surface area contributed by atoms with Gasteiger partial charge in [-0.3, -0.25) is 14.3 Å². The average molecular weight is 279 g/mol. The van der Waals surface area contributed by atoms with Gasteiger partial charge in [0.05, 0.1) is 18.0 Å². The quantitative estimate of drug-likeness (QED) is 0.892. The summed E-state index contributed by atoms with van der Waals surface area (Å²) in [6.45, 7) is 4.82. The summed E-state index contributed by atoms with van der Waals surface area (Å²) >= 11 is 0. The van der Waals surface area contributed by atoms with E-state index in [1.807, 2.05) is 20.9 Å². The second kappa shape index (κ2) is 5.64. The number of likely N-dealkylation sites (tertiary alicyclic amines) is 1. The van der Waals surface area contributed by atoms with Crippen molar-refractivity contribution in [3.63, 3.8) is 0 Å². The van der Waals surface area contributed by atoms with E-state index in [2.05, 4.69) is 5.10 Å². The third kappa shape index (κ3) is 2.84. The molecule has 1 aromatic rings. The molecule has 1 aliphatic heterocycles. The number of carbonyl (C=O) groups is 2. The summed E-state index contributed by atoms with van der Waals surface area (Å²) in [5, 5.41) is 13.4. The summed E-state index contributed by atoms with van der Waals surface area (Å²) in [4.78, 5) is 25.1. The van der Waals surface area contributed by atoms with Gasteiger partial charge in [-0.05, 0) is 26.7 Å². The molecule has 1 unspecified atom stereocenters. The smallest absolute Gasteiger partial charge is 0.308 e. The van der Waals surface area contributed by atoms with Crippen molar-refractivity contribution in [3.05, 3.63) is 17.0 Å². The fourth-order valence-corrected chi connectivity index (χ4v) is 2.74. The third-order valence-corrected chi connectivity index (χ3v) is 4.11. The average Bonchev–Trinajstić information content (AvgIpc) is 2.65. The molecular weight excluding hydrogens is 258 g/mol. The van der Waals surface area contributed by atoms with Crippen LogP contribution in [0.2, 0.25) is 0 Å². The molecule has 20 heavy (non-hydrogen) atoms. The number of hydrogen-bond acceptors (Lipinski definition) is 3. The number of hydrogen-bond donors (Lipinski definition) is 1. The lowest BCUT2D eigenvalue weighted by molar-refractivity contribution is -0.145. The Hall–Kier alpha value is -1.85. The zero-order valence-electron chi connectivity index (χ0n) is 12.2. The monoisotopic (exact) mass is 279 g/mol. The van der Waals surface area contributed by atoms with Crippen LogP contribution in [0.15, 0.2) is 0 Å². The zero-order valence-corrected chi connectivity index (χ0v) is 12.2. The van der Waals surface area contributed by atoms with Gasteiger partial charge in [0, 0.05) is 31.4 Å². The van der Waals surface area contributed by atoms with E-state index in [9.17, 15) is 9.59 Å². The van der Waals surface area contributed by atoms with Crippen LogP contribution in [0.3, 0.4) is 0 Å². The molecule has 0 spiro atoms. The minimum absolute atomic E-state index is 0.00449. The normalized spacial score (nSPS) is 19.1. The molecule has 0 aliphatic carbocycles. The maximum Gasteiger partial charge on any atom is 0.308 e. The molecule has 0 bridgehead atoms. The third-order valence-electron chi connectivity index (χ3n) is 4.11. The Kier molecular flexibility index (Phi) is 4.11. The predicted octanol–water partition coefficient (Wildman–Crippen LogP) is 0.903. The topological polar surface area (TPSA) is 75.4 Å². The van der Waals surface area contributed by atoms with Crippen LogP contribution in [0.4, 0.5) is 0 Å². The molecule has 0 saturated carbocycles. The summed E-state index contributed by atoms with van der Waals surface area (Å²) < 4.78 is 1.77. The molecule has 1 fully saturated rings. The van der Waals surface area contributed by atoms with E-state index in [1.54, 1.807) is 9.58 Å². The molecule has 1 amide bonds. The predicted molar refractivity (Wildman–Crippen MR) is 73.3 cm³/mol. The first kappa shape index (κ1) is 14.6. The molecule has 2 heterocycles. The van der Waals surface area contributed by atoms with Crippen LogP contribution in [0, 0.1) is 19.8 Å². The molecule has 2 rings (SSSR count). The summed E-state index contributed by atoms with van der Waals surface area (Å²) in [6.07, 6.45) is 1.72. The Morgan fingerprint density at radius 1 is 1.40 bits per heavy atom. The fourth-order valence-electron chi connectivity index (χ4n) is 2.74. The maximum absolute atomic E-state index is 12.3. The van der Waals surface area contributed by atoms with Crippen LogP contribution in [-0.4, -0.2) is 44.8 Å². The fraction of sp³-hybridized carbons (Fsp3) is 0.643. The molecule has 1 aromatic heterocycles. The Balaban J connectivity index is 2.06. The molecule has 6 heteroatoms. The van der Waals surface area contributed by atoms with Gasteiger partial charge < -0.3 is 10.0 Å². The molecule has 6 nitrogen and oxygen atoms in total. The number of rotatable bonds is 3. The van der Waals surface area contributed by atoms with Gasteiger partial charge >= 0.3 is 5.97 Å². The summed E-state index contributed by atoms with van der Waals surface area (Å²) in [6, 6.07) is 0. The second-order valence-corrected chi connectivity index (χ2v) is 5.47. The largest absolute Gasteiger partial charge is 0.481 e. The van der Waals surface area contributed by atoms with Gasteiger partial charge in [0.15, 0.2) is 0 Å². The van der Waals surface area contributed by atoms with Crippen LogP contribution in [0.1, 0.15) is 29.8 Å². The molecular formula is C14H21N3O3. The van der Waals surface area contributed by atoms with Crippen molar-refractivity contribution >= 4 is 11.9 Å². The maximum atomic E-state index is 12.3. The lowest BCUT2D eigenvalue weighted by Crippen LogP contribution is -2.43. The first-order valence-electron chi connectivity index (χ1n) is 6.89. The number of carboxylic acid groups (broad SMARTS) is 1. The van der Waals surface area contributed by atoms with Crippen LogP contribution >= 0.6 is 0 Å². The van der Waals surface area contributed by atoms with E-state index in [-0.39, 0.29) is 5.91 Å². The van der Waals surface area contributed by atoms with Crippen molar-refractivity contribution < 1.29 is 14.7 Å². The highest BCUT2D eigenvalue weighted by molar-refractivity contribution is 5.80. The van der Waals surface area contributed by atoms with E-state index < -0.39 is 11.9 Å². The number of aryl methyl sites for hydroxylation is 2. The van der Waals surface area contributed by atoms with Gasteiger partial charge in [-0.1, -0.05) is 0 Å². The number of aliphatic carboxylic acids is 1. The highest BCUT2D eigenvalue weighted by Crippen LogP contribution is 2.19. The first-order chi connectivity index (χ1) is 9.40. The lowest BCUT2D eigenvalue weighted by atomic mass is 9.97. The number of nitrogens with zero attached hydrogens (tertiary/aromatic N) is 3. The highest BCUT2D eigenvalue weighted by Gasteiger charge is 2.28. The number of amides is 1. The van der Waals surface area contributed by atoms with Gasteiger partial charge in [-0.2, -0.15) is 5.10 Å². The number of carboxylic acids is 1. The molecule has 1 aliphatic rings. The number of carbonyl (C=O) groups excluding carboxylic acids is 1. The first-order valence-corrected chi connectivity index (χ1v) is 6.89. The van der Waals surface area contributed by atoms with Crippen molar-refractivity contribution in [1.82, 2.24) is 14.7 Å². The van der Waals surface area contributed by atoms with Gasteiger partial charge in [-0.25, -0.2) is 0 Å². The van der Waals surface area contributed by atoms with E-state index >= 15 is 0 Å². The Labute approximate surface area is 118 Å². The van der Waals surface area contributed by atoms with E-state index in [0.29, 0.717) is 25.9 Å². The van der Waals surface area contributed by atoms with Crippen molar-refractivity contribution in [2.24, 2.45) is 13.0 Å². The van der Waals surface area contributed by atoms with Gasteiger partial charge in [0.1, 0.15) is 0 Å². The van der Waals surface area contributed by atoms with E-state index in [0.717, 1.165) is 23.4 Å². The van der Waals surface area contributed by atoms with Crippen molar-refractivity contribution in [1.29, 1.82) is 0 Å². The summed E-state index contributed by atoms with van der Waals surface area (Å²) in [5.74, 6) is -1.24. The molecule has 0 aromatic carbocycles. The van der Waals surface area contributed by atoms with Crippen LogP contribution in [0.25, 0.3) is 0 Å². The van der Waals surface area contributed by atoms with Crippen molar-refractivity contribution in [2.75, 3.05) is 13.1 Å². The minimum atomic E-state index is -0.809. The zero-order chi connectivity index (χ0) is 14.9. The summed E-state index contributed by atoms with van der Waals surface area (Å²) in [5.41, 5.74) is 2.81. The molecule has 1 N–H and O–H groups in total. The molecule has 110 valence electrons. The Bertz CT molecular complexity index is 536. The standard InChI is InChI=1S/C14H21N3O3/c1-9-12(10(2)16(3)15-9)7-13(18)17-6-4-5-11(8-17)14(19)20/h11H,4-8H2,1-3H3,(H,19,20). The Morgan fingerprint density at radius 3 is 2.65 bits per heavy atom. The minimum Gasteiger partial charge on any atom is -0.481 e. The van der Waals surface area contributed by atoms with Crippen LogP contribution < -0.4 is 0 Å². The molecule has 1 saturated heterocycles. The van der Waals surface area contributed by atoms with Gasteiger partial charge in [-0.15, -0.1) is 0 Å². The van der Waals surface area contributed by atoms with Crippen molar-refractivity contribution in [2.45, 2.75) is 33.1 Å². The van der Waals surface area contributed by atoms with Crippen LogP contribution in [0.5, 0.6) is 0 Å². The molecule has 0 radical (unpaired) electrons. The highest BCUT2D eigenvalue weighted by atomic mass is 16.4. The van der Waals surface area contributed by atoms with E-state index in [1.165, 1.54) is 0 Å².